The molecule has 2 aromatic carbocycles. The summed E-state index contributed by atoms with van der Waals surface area (Å²) in [6, 6.07) is 16.6. The fourth-order valence-corrected chi connectivity index (χ4v) is 4.38. The molecule has 0 saturated carbocycles. The summed E-state index contributed by atoms with van der Waals surface area (Å²) in [5.41, 5.74) is 2.37. The number of nitrogens with one attached hydrogen (secondary N) is 2. The average Bonchev–Trinajstić information content (AvgIpc) is 3.33. The van der Waals surface area contributed by atoms with Crippen LogP contribution in [-0.4, -0.2) is 23.9 Å². The van der Waals surface area contributed by atoms with Crippen molar-refractivity contribution in [3.63, 3.8) is 0 Å². The minimum atomic E-state index is -0.276. The molecule has 29 heavy (non-hydrogen) atoms. The van der Waals surface area contributed by atoms with Gasteiger partial charge in [-0.3, -0.25) is 14.9 Å². The molecule has 1 atom stereocenters. The van der Waals surface area contributed by atoms with Crippen LogP contribution in [0.25, 0.3) is 0 Å². The van der Waals surface area contributed by atoms with Gasteiger partial charge in [0.15, 0.2) is 5.13 Å². The van der Waals surface area contributed by atoms with Crippen LogP contribution in [0.4, 0.5) is 5.13 Å². The summed E-state index contributed by atoms with van der Waals surface area (Å²) in [5.74, 6) is 0.277. The van der Waals surface area contributed by atoms with Crippen LogP contribution in [0.5, 0.6) is 5.75 Å². The van der Waals surface area contributed by atoms with E-state index >= 15 is 0 Å². The Hall–Kier alpha value is -3.19. The number of hydrogen-bond acceptors (Lipinski definition) is 5. The second kappa shape index (κ2) is 8.45. The highest BCUT2D eigenvalue weighted by Gasteiger charge is 2.32. The van der Waals surface area contributed by atoms with E-state index in [1.807, 2.05) is 42.5 Å². The fourth-order valence-electron chi connectivity index (χ4n) is 3.35. The molecule has 1 aliphatic carbocycles. The smallest absolute Gasteiger partial charge is 0.257 e. The number of aryl methyl sites for hydroxylation is 1. The molecule has 1 aromatic heterocycles. The summed E-state index contributed by atoms with van der Waals surface area (Å²) in [7, 11) is 1.62. The molecule has 4 rings (SSSR count). The van der Waals surface area contributed by atoms with Crippen LogP contribution in [0.2, 0.25) is 0 Å². The molecule has 2 amide bonds. The van der Waals surface area contributed by atoms with Gasteiger partial charge in [-0.1, -0.05) is 30.3 Å². The third kappa shape index (κ3) is 4.30. The van der Waals surface area contributed by atoms with E-state index in [0.29, 0.717) is 17.2 Å². The van der Waals surface area contributed by atoms with Gasteiger partial charge in [0.05, 0.1) is 18.7 Å². The van der Waals surface area contributed by atoms with Gasteiger partial charge in [0.2, 0.25) is 5.91 Å². The lowest BCUT2D eigenvalue weighted by Crippen LogP contribution is -2.28. The van der Waals surface area contributed by atoms with E-state index in [9.17, 15) is 9.59 Å². The summed E-state index contributed by atoms with van der Waals surface area (Å²) in [5, 5.41) is 6.37. The fraction of sp³-hybridized carbons (Fsp3) is 0.227. The number of benzene rings is 2. The molecule has 3 aromatic rings. The van der Waals surface area contributed by atoms with Crippen LogP contribution in [0.3, 0.4) is 0 Å². The molecule has 1 aliphatic rings. The summed E-state index contributed by atoms with van der Waals surface area (Å²) < 4.78 is 5.15. The Kier molecular flexibility index (Phi) is 5.57. The normalized spacial score (nSPS) is 14.9. The number of aromatic nitrogens is 1. The monoisotopic (exact) mass is 407 g/mol. The summed E-state index contributed by atoms with van der Waals surface area (Å²) in [4.78, 5) is 30.6. The van der Waals surface area contributed by atoms with Crippen LogP contribution in [0.15, 0.2) is 54.6 Å². The van der Waals surface area contributed by atoms with Crippen LogP contribution in [0.1, 0.15) is 38.8 Å². The van der Waals surface area contributed by atoms with E-state index < -0.39 is 0 Å². The van der Waals surface area contributed by atoms with Crippen molar-refractivity contribution in [3.8, 4) is 5.75 Å². The van der Waals surface area contributed by atoms with Crippen molar-refractivity contribution in [1.82, 2.24) is 10.3 Å². The van der Waals surface area contributed by atoms with Gasteiger partial charge in [0, 0.05) is 17.0 Å². The highest BCUT2D eigenvalue weighted by atomic mass is 32.1. The van der Waals surface area contributed by atoms with Crippen molar-refractivity contribution in [1.29, 1.82) is 0 Å². The number of ether oxygens (including phenoxy) is 1. The number of anilines is 1. The van der Waals surface area contributed by atoms with Crippen molar-refractivity contribution >= 4 is 28.3 Å². The number of nitrogens with zero attached hydrogens (tertiary/aromatic N) is 1. The molecule has 148 valence electrons. The molecule has 2 N–H and O–H groups in total. The summed E-state index contributed by atoms with van der Waals surface area (Å²) in [6.07, 6.45) is 1.55. The van der Waals surface area contributed by atoms with Crippen LogP contribution >= 0.6 is 11.3 Å². The zero-order chi connectivity index (χ0) is 20.2. The van der Waals surface area contributed by atoms with Gasteiger partial charge in [-0.15, -0.1) is 11.3 Å². The maximum absolute atomic E-state index is 12.7. The highest BCUT2D eigenvalue weighted by Crippen LogP contribution is 2.38. The van der Waals surface area contributed by atoms with Gasteiger partial charge in [0.1, 0.15) is 5.75 Å². The molecule has 0 bridgehead atoms. The van der Waals surface area contributed by atoms with Gasteiger partial charge in [-0.25, -0.2) is 4.98 Å². The predicted molar refractivity (Wildman–Crippen MR) is 112 cm³/mol. The number of rotatable bonds is 6. The highest BCUT2D eigenvalue weighted by molar-refractivity contribution is 7.16. The lowest BCUT2D eigenvalue weighted by Gasteiger charge is -2.11. The third-order valence-electron chi connectivity index (χ3n) is 4.92. The molecule has 0 spiro atoms. The predicted octanol–water partition coefficient (Wildman–Crippen LogP) is 3.75. The first kappa shape index (κ1) is 19.1. The number of carbonyl (C=O) groups is 2. The van der Waals surface area contributed by atoms with Gasteiger partial charge in [0.25, 0.3) is 5.91 Å². The number of fused-ring (bicyclic) bond motifs is 1. The van der Waals surface area contributed by atoms with Gasteiger partial charge in [-0.05, 0) is 42.7 Å². The summed E-state index contributed by atoms with van der Waals surface area (Å²) >= 11 is 1.45. The Bertz CT molecular complexity index is 1020. The number of hydrogen-bond donors (Lipinski definition) is 2. The van der Waals surface area contributed by atoms with Crippen LogP contribution in [-0.2, 0) is 17.8 Å². The van der Waals surface area contributed by atoms with Crippen LogP contribution in [0, 0.1) is 0 Å². The maximum Gasteiger partial charge on any atom is 0.257 e. The standard InChI is InChI=1S/C22H21N3O3S/c1-28-16-9-7-14(8-10-16)13-23-21(27)17-11-12-18-19(17)24-22(29-18)25-20(26)15-5-3-2-4-6-15/h2-10,17H,11-13H2,1H3,(H,23,27)(H,24,25,26). The van der Waals surface area contributed by atoms with E-state index in [2.05, 4.69) is 15.6 Å². The molecule has 0 fully saturated rings. The van der Waals surface area contributed by atoms with Crippen molar-refractivity contribution in [2.24, 2.45) is 0 Å². The maximum atomic E-state index is 12.7. The number of methoxy groups -OCH3 is 1. The molecule has 0 saturated heterocycles. The number of carbonyl (C=O) groups excluding carboxylic acids is 2. The van der Waals surface area contributed by atoms with E-state index in [1.54, 1.807) is 19.2 Å². The quantitative estimate of drug-likeness (QED) is 0.652. The third-order valence-corrected chi connectivity index (χ3v) is 5.96. The second-order valence-corrected chi connectivity index (χ2v) is 7.89. The largest absolute Gasteiger partial charge is 0.497 e. The van der Waals surface area contributed by atoms with Crippen LogP contribution < -0.4 is 15.4 Å². The van der Waals surface area contributed by atoms with Gasteiger partial charge in [-0.2, -0.15) is 0 Å². The molecule has 0 radical (unpaired) electrons. The van der Waals surface area contributed by atoms with E-state index in [0.717, 1.165) is 34.7 Å². The topological polar surface area (TPSA) is 80.3 Å². The number of amides is 2. The molecule has 1 heterocycles. The average molecular weight is 407 g/mol. The van der Waals surface area contributed by atoms with E-state index in [1.165, 1.54) is 11.3 Å². The molecule has 6 nitrogen and oxygen atoms in total. The van der Waals surface area contributed by atoms with Crippen molar-refractivity contribution in [2.45, 2.75) is 25.3 Å². The Labute approximate surface area is 172 Å². The van der Waals surface area contributed by atoms with Crippen molar-refractivity contribution in [3.05, 3.63) is 76.3 Å². The SMILES string of the molecule is COc1ccc(CNC(=O)C2CCc3sc(NC(=O)c4ccccc4)nc32)cc1. The zero-order valence-electron chi connectivity index (χ0n) is 16.0. The first-order chi connectivity index (χ1) is 14.1. The lowest BCUT2D eigenvalue weighted by molar-refractivity contribution is -0.122. The minimum Gasteiger partial charge on any atom is -0.497 e. The van der Waals surface area contributed by atoms with Crippen molar-refractivity contribution < 1.29 is 14.3 Å². The number of thiazole rings is 1. The minimum absolute atomic E-state index is 0.0363. The Morgan fingerprint density at radius 2 is 1.90 bits per heavy atom. The van der Waals surface area contributed by atoms with Gasteiger partial charge < -0.3 is 10.1 Å². The molecule has 1 unspecified atom stereocenters. The summed E-state index contributed by atoms with van der Waals surface area (Å²) in [6.45, 7) is 0.455. The zero-order valence-corrected chi connectivity index (χ0v) is 16.8. The molecular weight excluding hydrogens is 386 g/mol. The second-order valence-electron chi connectivity index (χ2n) is 6.80. The van der Waals surface area contributed by atoms with E-state index in [-0.39, 0.29) is 17.7 Å². The first-order valence-corrected chi connectivity index (χ1v) is 10.2. The molecule has 7 heteroatoms. The molecule has 0 aliphatic heterocycles. The Morgan fingerprint density at radius 3 is 2.62 bits per heavy atom. The van der Waals surface area contributed by atoms with Crippen molar-refractivity contribution in [2.75, 3.05) is 12.4 Å². The van der Waals surface area contributed by atoms with E-state index in [4.69, 9.17) is 4.74 Å². The lowest BCUT2D eigenvalue weighted by atomic mass is 10.1. The molecular formula is C22H21N3O3S. The Morgan fingerprint density at radius 1 is 1.14 bits per heavy atom. The Balaban J connectivity index is 1.39. The van der Waals surface area contributed by atoms with Gasteiger partial charge >= 0.3 is 0 Å². The first-order valence-electron chi connectivity index (χ1n) is 9.40.